The molecule has 14 heteroatoms. The summed E-state index contributed by atoms with van der Waals surface area (Å²) in [6, 6.07) is 9.45. The van der Waals surface area contributed by atoms with Crippen LogP contribution in [0.25, 0.3) is 0 Å². The van der Waals surface area contributed by atoms with Gasteiger partial charge in [0.25, 0.3) is 5.91 Å². The summed E-state index contributed by atoms with van der Waals surface area (Å²) >= 11 is 0. The summed E-state index contributed by atoms with van der Waals surface area (Å²) in [5.74, 6) is 3.05. The maximum Gasteiger partial charge on any atom is 0.416 e. The molecular formula is C28H30F3N5O6. The lowest BCUT2D eigenvalue weighted by Gasteiger charge is -2.31. The van der Waals surface area contributed by atoms with Crippen LogP contribution in [0.2, 0.25) is 0 Å². The van der Waals surface area contributed by atoms with Gasteiger partial charge in [0.05, 0.1) is 29.4 Å². The molecule has 0 aromatic heterocycles. The number of hydrogen-bond donors (Lipinski definition) is 5. The highest BCUT2D eigenvalue weighted by Gasteiger charge is 2.32. The van der Waals surface area contributed by atoms with E-state index in [1.807, 2.05) is 0 Å². The van der Waals surface area contributed by atoms with Crippen molar-refractivity contribution >= 4 is 29.6 Å². The van der Waals surface area contributed by atoms with Gasteiger partial charge in [-0.3, -0.25) is 9.59 Å². The fraction of sp³-hybridized carbons (Fsp3) is 0.357. The van der Waals surface area contributed by atoms with E-state index in [2.05, 4.69) is 33.1 Å². The zero-order valence-corrected chi connectivity index (χ0v) is 22.6. The number of amides is 5. The number of hydrogen-bond acceptors (Lipinski definition) is 6. The predicted molar refractivity (Wildman–Crippen MR) is 145 cm³/mol. The van der Waals surface area contributed by atoms with Crippen LogP contribution in [0.4, 0.5) is 28.4 Å². The number of carbonyl (C=O) groups excluding carboxylic acids is 4. The van der Waals surface area contributed by atoms with Crippen molar-refractivity contribution in [1.82, 2.24) is 20.9 Å². The third-order valence-electron chi connectivity index (χ3n) is 6.08. The molecule has 0 bridgehead atoms. The third kappa shape index (κ3) is 9.41. The van der Waals surface area contributed by atoms with Gasteiger partial charge in [0.1, 0.15) is 12.7 Å². The number of alkyl halides is 3. The molecule has 2 atom stereocenters. The topological polar surface area (TPSA) is 149 Å². The molecule has 5 amide bonds. The lowest BCUT2D eigenvalue weighted by Crippen LogP contribution is -2.52. The normalized spacial score (nSPS) is 13.8. The van der Waals surface area contributed by atoms with Crippen LogP contribution in [0.5, 0.6) is 0 Å². The molecule has 2 aromatic rings. The van der Waals surface area contributed by atoms with Crippen molar-refractivity contribution in [3.05, 3.63) is 65.2 Å². The fourth-order valence-electron chi connectivity index (χ4n) is 3.70. The number of likely N-dealkylation sites (tertiary alicyclic amines) is 1. The molecule has 0 saturated carbocycles. The zero-order chi connectivity index (χ0) is 30.7. The van der Waals surface area contributed by atoms with Crippen molar-refractivity contribution in [3.63, 3.8) is 0 Å². The van der Waals surface area contributed by atoms with Crippen LogP contribution in [0.15, 0.2) is 48.5 Å². The minimum Gasteiger partial charge on any atom is -0.445 e. The van der Waals surface area contributed by atoms with E-state index in [0.29, 0.717) is 19.2 Å². The number of urea groups is 1. The van der Waals surface area contributed by atoms with E-state index in [1.165, 1.54) is 11.8 Å². The molecule has 42 heavy (non-hydrogen) atoms. The van der Waals surface area contributed by atoms with Gasteiger partial charge in [-0.1, -0.05) is 36.3 Å². The van der Waals surface area contributed by atoms with Crippen LogP contribution >= 0.6 is 0 Å². The summed E-state index contributed by atoms with van der Waals surface area (Å²) in [5.41, 5.74) is -1.04. The molecule has 1 saturated heterocycles. The molecule has 3 rings (SSSR count). The molecule has 11 nitrogen and oxygen atoms in total. The van der Waals surface area contributed by atoms with Crippen LogP contribution in [0, 0.1) is 11.8 Å². The lowest BCUT2D eigenvalue weighted by atomic mass is 10.1. The Bertz CT molecular complexity index is 1340. The van der Waals surface area contributed by atoms with Crippen LogP contribution in [-0.4, -0.2) is 72.3 Å². The second-order valence-electron chi connectivity index (χ2n) is 9.17. The molecule has 1 heterocycles. The number of rotatable bonds is 10. The molecule has 0 unspecified atom stereocenters. The molecule has 1 aliphatic heterocycles. The Hall–Kier alpha value is -4.77. The highest BCUT2D eigenvalue weighted by Crippen LogP contribution is 2.32. The van der Waals surface area contributed by atoms with Crippen molar-refractivity contribution in [2.75, 3.05) is 31.5 Å². The third-order valence-corrected chi connectivity index (χ3v) is 6.08. The second kappa shape index (κ2) is 14.7. The first kappa shape index (κ1) is 31.8. The Morgan fingerprint density at radius 1 is 1.07 bits per heavy atom. The minimum absolute atomic E-state index is 0.0109. The summed E-state index contributed by atoms with van der Waals surface area (Å²) in [4.78, 5) is 51.3. The highest BCUT2D eigenvalue weighted by atomic mass is 19.4. The lowest BCUT2D eigenvalue weighted by molar-refractivity contribution is -0.137. The van der Waals surface area contributed by atoms with Crippen molar-refractivity contribution in [1.29, 1.82) is 0 Å². The quantitative estimate of drug-likeness (QED) is 0.269. The van der Waals surface area contributed by atoms with Crippen LogP contribution in [0.3, 0.4) is 0 Å². The SMILES string of the molecule is CC#C[C@H](O)[C@H](CNC(=O)OCc1ccccc1)NC(=O)CNC(=O)c1cc(C(F)(F)F)ccc1NC(=O)N1CCC1. The number of nitrogens with one attached hydrogen (secondary N) is 4. The first-order valence-electron chi connectivity index (χ1n) is 12.9. The van der Waals surface area contributed by atoms with Crippen LogP contribution < -0.4 is 21.3 Å². The van der Waals surface area contributed by atoms with Gasteiger partial charge < -0.3 is 36.0 Å². The van der Waals surface area contributed by atoms with Crippen LogP contribution in [0.1, 0.15) is 34.8 Å². The molecule has 224 valence electrons. The number of benzene rings is 2. The number of anilines is 1. The largest absolute Gasteiger partial charge is 0.445 e. The number of halogens is 3. The molecule has 1 fully saturated rings. The van der Waals surface area contributed by atoms with E-state index in [-0.39, 0.29) is 18.8 Å². The predicted octanol–water partition coefficient (Wildman–Crippen LogP) is 2.47. The monoisotopic (exact) mass is 589 g/mol. The number of alkyl carbamates (subject to hydrolysis) is 1. The van der Waals surface area contributed by atoms with Gasteiger partial charge in [-0.05, 0) is 37.1 Å². The van der Waals surface area contributed by atoms with Crippen LogP contribution in [-0.2, 0) is 22.3 Å². The van der Waals surface area contributed by atoms with Gasteiger partial charge in [-0.2, -0.15) is 13.2 Å². The van der Waals surface area contributed by atoms with Crippen molar-refractivity contribution in [2.24, 2.45) is 0 Å². The fourth-order valence-corrected chi connectivity index (χ4v) is 3.70. The number of ether oxygens (including phenoxy) is 1. The van der Waals surface area contributed by atoms with Gasteiger partial charge in [0.15, 0.2) is 0 Å². The maximum absolute atomic E-state index is 13.3. The van der Waals surface area contributed by atoms with E-state index in [0.717, 1.165) is 24.1 Å². The summed E-state index contributed by atoms with van der Waals surface area (Å²) in [7, 11) is 0. The molecule has 2 aromatic carbocycles. The van der Waals surface area contributed by atoms with Crippen molar-refractivity contribution in [3.8, 4) is 11.8 Å². The Morgan fingerprint density at radius 3 is 2.40 bits per heavy atom. The van der Waals surface area contributed by atoms with Gasteiger partial charge >= 0.3 is 18.3 Å². The number of carbonyl (C=O) groups is 4. The smallest absolute Gasteiger partial charge is 0.416 e. The minimum atomic E-state index is -4.76. The van der Waals surface area contributed by atoms with E-state index in [1.54, 1.807) is 30.3 Å². The Balaban J connectivity index is 1.61. The number of aliphatic hydroxyl groups is 1. The van der Waals surface area contributed by atoms with E-state index in [4.69, 9.17) is 4.74 Å². The Labute approximate surface area is 239 Å². The summed E-state index contributed by atoms with van der Waals surface area (Å²) in [5, 5.41) is 19.8. The summed E-state index contributed by atoms with van der Waals surface area (Å²) < 4.78 is 45.0. The number of nitrogens with zero attached hydrogens (tertiary/aromatic N) is 1. The average molecular weight is 590 g/mol. The molecule has 0 aliphatic carbocycles. The zero-order valence-electron chi connectivity index (χ0n) is 22.6. The highest BCUT2D eigenvalue weighted by molar-refractivity contribution is 6.04. The van der Waals surface area contributed by atoms with Crippen molar-refractivity contribution in [2.45, 2.75) is 38.3 Å². The molecule has 0 radical (unpaired) electrons. The molecule has 1 aliphatic rings. The van der Waals surface area contributed by atoms with E-state index in [9.17, 15) is 37.5 Å². The van der Waals surface area contributed by atoms with Gasteiger partial charge in [-0.25, -0.2) is 9.59 Å². The Morgan fingerprint density at radius 2 is 1.79 bits per heavy atom. The summed E-state index contributed by atoms with van der Waals surface area (Å²) in [6.07, 6.45) is -6.20. The maximum atomic E-state index is 13.3. The summed E-state index contributed by atoms with van der Waals surface area (Å²) in [6.45, 7) is 1.41. The van der Waals surface area contributed by atoms with Gasteiger partial charge in [-0.15, -0.1) is 5.92 Å². The first-order valence-corrected chi connectivity index (χ1v) is 12.9. The van der Waals surface area contributed by atoms with Crippen molar-refractivity contribution < 1.29 is 42.2 Å². The second-order valence-corrected chi connectivity index (χ2v) is 9.17. The Kier molecular flexibility index (Phi) is 11.1. The standard InChI is InChI=1S/C28H30F3N5O6/c1-2-7-23(37)22(15-33-27(41)42-17-18-8-4-3-5-9-18)34-24(38)16-32-25(39)20-14-19(28(29,30)31)10-11-21(20)35-26(40)36-12-6-13-36/h3-5,8-11,14,22-23,37H,6,12-13,15-17H2,1H3,(H,32,39)(H,33,41)(H,34,38)(H,35,40)/t22-,23-/m0/s1. The molecule has 5 N–H and O–H groups in total. The first-order chi connectivity index (χ1) is 20.0. The van der Waals surface area contributed by atoms with E-state index >= 15 is 0 Å². The molecular weight excluding hydrogens is 559 g/mol. The number of aliphatic hydroxyl groups excluding tert-OH is 1. The van der Waals surface area contributed by atoms with E-state index < -0.39 is 59.9 Å². The van der Waals surface area contributed by atoms with Gasteiger partial charge in [0, 0.05) is 19.6 Å². The average Bonchev–Trinajstić information content (AvgIpc) is 2.92. The molecule has 0 spiro atoms. The van der Waals surface area contributed by atoms with Gasteiger partial charge in [0.2, 0.25) is 5.91 Å².